The first-order valence-electron chi connectivity index (χ1n) is 9.17. The Morgan fingerprint density at radius 3 is 2.28 bits per heavy atom. The van der Waals surface area contributed by atoms with Gasteiger partial charge in [0.15, 0.2) is 12.4 Å². The Bertz CT molecular complexity index is 686. The number of ketones is 1. The van der Waals surface area contributed by atoms with Gasteiger partial charge in [-0.3, -0.25) is 4.79 Å². The number of carbonyl (C=O) groups excluding carboxylic acids is 2. The Kier molecular flexibility index (Phi) is 4.45. The van der Waals surface area contributed by atoms with Crippen LogP contribution >= 0.6 is 11.6 Å². The van der Waals surface area contributed by atoms with Crippen molar-refractivity contribution < 1.29 is 14.3 Å². The number of ether oxygens (including phenoxy) is 1. The summed E-state index contributed by atoms with van der Waals surface area (Å²) in [4.78, 5) is 24.8. The zero-order chi connectivity index (χ0) is 17.4. The molecular weight excluding hydrogens is 336 g/mol. The third-order valence-corrected chi connectivity index (χ3v) is 6.62. The summed E-state index contributed by atoms with van der Waals surface area (Å²) < 4.78 is 5.24. The third-order valence-electron chi connectivity index (χ3n) is 6.28. The highest BCUT2D eigenvalue weighted by atomic mass is 35.5. The Morgan fingerprint density at radius 2 is 1.68 bits per heavy atom. The van der Waals surface area contributed by atoms with E-state index in [0.29, 0.717) is 22.8 Å². The molecule has 0 radical (unpaired) electrons. The molecular formula is C21H23ClO3. The largest absolute Gasteiger partial charge is 0.455 e. The molecule has 4 fully saturated rings. The molecule has 132 valence electrons. The molecule has 4 aliphatic rings. The van der Waals surface area contributed by atoms with E-state index in [1.54, 1.807) is 12.1 Å². The van der Waals surface area contributed by atoms with Crippen LogP contribution in [0, 0.1) is 23.2 Å². The lowest BCUT2D eigenvalue weighted by atomic mass is 9.48. The van der Waals surface area contributed by atoms with Gasteiger partial charge in [0.2, 0.25) is 0 Å². The van der Waals surface area contributed by atoms with E-state index in [9.17, 15) is 9.59 Å². The fraction of sp³-hybridized carbons (Fsp3) is 0.524. The third kappa shape index (κ3) is 3.39. The van der Waals surface area contributed by atoms with Gasteiger partial charge in [-0.2, -0.15) is 0 Å². The van der Waals surface area contributed by atoms with Crippen LogP contribution in [-0.4, -0.2) is 18.4 Å². The normalized spacial score (nSPS) is 32.9. The van der Waals surface area contributed by atoms with Gasteiger partial charge in [-0.1, -0.05) is 29.8 Å². The van der Waals surface area contributed by atoms with Gasteiger partial charge >= 0.3 is 5.97 Å². The molecule has 0 aliphatic heterocycles. The van der Waals surface area contributed by atoms with E-state index >= 15 is 0 Å². The maximum Gasteiger partial charge on any atom is 0.331 e. The summed E-state index contributed by atoms with van der Waals surface area (Å²) in [5, 5.41) is 0.580. The van der Waals surface area contributed by atoms with Crippen molar-refractivity contribution in [1.82, 2.24) is 0 Å². The van der Waals surface area contributed by atoms with Crippen LogP contribution in [-0.2, 0) is 14.3 Å². The van der Waals surface area contributed by atoms with Gasteiger partial charge in [0, 0.05) is 16.5 Å². The Labute approximate surface area is 153 Å². The predicted octanol–water partition coefficient (Wildman–Crippen LogP) is 4.68. The highest BCUT2D eigenvalue weighted by Gasteiger charge is 2.54. The Balaban J connectivity index is 1.34. The molecule has 0 spiro atoms. The molecule has 0 atom stereocenters. The average molecular weight is 359 g/mol. The van der Waals surface area contributed by atoms with E-state index in [1.807, 2.05) is 18.2 Å². The van der Waals surface area contributed by atoms with Crippen LogP contribution < -0.4 is 0 Å². The second kappa shape index (κ2) is 6.60. The molecule has 0 saturated heterocycles. The molecule has 25 heavy (non-hydrogen) atoms. The lowest BCUT2D eigenvalue weighted by Crippen LogP contribution is -2.51. The van der Waals surface area contributed by atoms with Crippen LogP contribution in [0.1, 0.15) is 44.1 Å². The molecule has 1 aromatic rings. The minimum absolute atomic E-state index is 0.0994. The quantitative estimate of drug-likeness (QED) is 0.567. The minimum Gasteiger partial charge on any atom is -0.455 e. The van der Waals surface area contributed by atoms with Gasteiger partial charge in [-0.25, -0.2) is 4.79 Å². The van der Waals surface area contributed by atoms with Crippen molar-refractivity contribution in [2.45, 2.75) is 38.5 Å². The van der Waals surface area contributed by atoms with Crippen LogP contribution in [0.25, 0.3) is 6.08 Å². The van der Waals surface area contributed by atoms with E-state index < -0.39 is 5.97 Å². The Morgan fingerprint density at radius 1 is 1.08 bits per heavy atom. The second-order valence-electron chi connectivity index (χ2n) is 8.08. The topological polar surface area (TPSA) is 43.4 Å². The highest BCUT2D eigenvalue weighted by Crippen LogP contribution is 2.60. The van der Waals surface area contributed by atoms with Gasteiger partial charge in [-0.05, 0) is 74.0 Å². The standard InChI is InChI=1S/C21H23ClO3/c22-18-4-2-1-3-17(18)5-6-20(24)25-13-19(23)21-10-14-7-15(11-21)9-16(8-14)12-21/h1-6,14-16H,7-13H2/b6-5+. The number of Topliss-reactive ketones (excluding diaryl/α,β-unsaturated/α-hetero) is 1. The average Bonchev–Trinajstić information content (AvgIpc) is 2.57. The van der Waals surface area contributed by atoms with Gasteiger partial charge in [-0.15, -0.1) is 0 Å². The molecule has 0 aromatic heterocycles. The number of carbonyl (C=O) groups is 2. The molecule has 4 heteroatoms. The van der Waals surface area contributed by atoms with E-state index in [2.05, 4.69) is 0 Å². The number of hydrogen-bond acceptors (Lipinski definition) is 3. The zero-order valence-corrected chi connectivity index (χ0v) is 15.0. The fourth-order valence-corrected chi connectivity index (χ4v) is 5.76. The van der Waals surface area contributed by atoms with Crippen LogP contribution in [0.2, 0.25) is 5.02 Å². The van der Waals surface area contributed by atoms with Crippen LogP contribution in [0.4, 0.5) is 0 Å². The molecule has 1 aromatic carbocycles. The molecule has 0 unspecified atom stereocenters. The molecule has 3 nitrogen and oxygen atoms in total. The molecule has 0 amide bonds. The van der Waals surface area contributed by atoms with Crippen molar-refractivity contribution in [3.05, 3.63) is 40.9 Å². The van der Waals surface area contributed by atoms with Gasteiger partial charge in [0.1, 0.15) is 0 Å². The molecule has 0 N–H and O–H groups in total. The predicted molar refractivity (Wildman–Crippen MR) is 97.1 cm³/mol. The van der Waals surface area contributed by atoms with Gasteiger partial charge in [0.05, 0.1) is 0 Å². The number of halogens is 1. The molecule has 0 heterocycles. The summed E-state index contributed by atoms with van der Waals surface area (Å²) in [6.07, 6.45) is 9.88. The van der Waals surface area contributed by atoms with Gasteiger partial charge in [0.25, 0.3) is 0 Å². The first-order valence-corrected chi connectivity index (χ1v) is 9.54. The first-order chi connectivity index (χ1) is 12.0. The monoisotopic (exact) mass is 358 g/mol. The number of rotatable bonds is 5. The van der Waals surface area contributed by atoms with Crippen LogP contribution in [0.3, 0.4) is 0 Å². The summed E-state index contributed by atoms with van der Waals surface area (Å²) in [7, 11) is 0. The van der Waals surface area contributed by atoms with E-state index in [0.717, 1.165) is 24.8 Å². The summed E-state index contributed by atoms with van der Waals surface area (Å²) in [6.45, 7) is -0.0994. The lowest BCUT2D eigenvalue weighted by Gasteiger charge is -2.55. The molecule has 4 aliphatic carbocycles. The van der Waals surface area contributed by atoms with Crippen molar-refractivity contribution >= 4 is 29.4 Å². The highest BCUT2D eigenvalue weighted by molar-refractivity contribution is 6.32. The van der Waals surface area contributed by atoms with Gasteiger partial charge < -0.3 is 4.74 Å². The summed E-state index contributed by atoms with van der Waals surface area (Å²) in [6, 6.07) is 7.28. The number of esters is 1. The second-order valence-corrected chi connectivity index (χ2v) is 8.49. The van der Waals surface area contributed by atoms with E-state index in [-0.39, 0.29) is 17.8 Å². The van der Waals surface area contributed by atoms with Crippen LogP contribution in [0.15, 0.2) is 30.3 Å². The number of hydrogen-bond donors (Lipinski definition) is 0. The maximum atomic E-state index is 12.8. The fourth-order valence-electron chi connectivity index (χ4n) is 5.56. The van der Waals surface area contributed by atoms with Crippen molar-refractivity contribution in [3.63, 3.8) is 0 Å². The molecule has 5 rings (SSSR count). The van der Waals surface area contributed by atoms with Crippen LogP contribution in [0.5, 0.6) is 0 Å². The smallest absolute Gasteiger partial charge is 0.331 e. The maximum absolute atomic E-state index is 12.8. The van der Waals surface area contributed by atoms with Crippen molar-refractivity contribution in [3.8, 4) is 0 Å². The number of benzene rings is 1. The molecule has 4 bridgehead atoms. The first kappa shape index (κ1) is 16.8. The summed E-state index contributed by atoms with van der Waals surface area (Å²) in [5.74, 6) is 1.78. The summed E-state index contributed by atoms with van der Waals surface area (Å²) in [5.41, 5.74) is 0.551. The van der Waals surface area contributed by atoms with E-state index in [4.69, 9.17) is 16.3 Å². The SMILES string of the molecule is O=C(/C=C/c1ccccc1Cl)OCC(=O)C12CC3CC(CC(C3)C1)C2. The van der Waals surface area contributed by atoms with E-state index in [1.165, 1.54) is 25.3 Å². The van der Waals surface area contributed by atoms with Crippen molar-refractivity contribution in [2.75, 3.05) is 6.61 Å². The minimum atomic E-state index is -0.488. The zero-order valence-electron chi connectivity index (χ0n) is 14.2. The van der Waals surface area contributed by atoms with Crippen molar-refractivity contribution in [1.29, 1.82) is 0 Å². The lowest BCUT2D eigenvalue weighted by molar-refractivity contribution is -0.155. The summed E-state index contributed by atoms with van der Waals surface area (Å²) >= 11 is 6.05. The Hall–Kier alpha value is -1.61. The van der Waals surface area contributed by atoms with Crippen molar-refractivity contribution in [2.24, 2.45) is 23.2 Å². The molecule has 4 saturated carbocycles.